The number of ether oxygens (including phenoxy) is 2. The number of oxazole rings is 1. The van der Waals surface area contributed by atoms with Gasteiger partial charge in [-0.3, -0.25) is 9.69 Å². The van der Waals surface area contributed by atoms with Gasteiger partial charge < -0.3 is 18.8 Å². The minimum atomic E-state index is -0.141. The number of methoxy groups -OCH3 is 2. The number of rotatable bonds is 9. The molecule has 0 aliphatic rings. The molecule has 7 nitrogen and oxygen atoms in total. The lowest BCUT2D eigenvalue weighted by Gasteiger charge is -2.26. The van der Waals surface area contributed by atoms with Crippen molar-refractivity contribution in [2.75, 3.05) is 27.8 Å². The van der Waals surface area contributed by atoms with Crippen molar-refractivity contribution in [2.45, 2.75) is 39.9 Å². The fraction of sp³-hybridized carbons (Fsp3) is 0.500. The Labute approximate surface area is 160 Å². The predicted molar refractivity (Wildman–Crippen MR) is 103 cm³/mol. The SMILES string of the molecule is CCN(C)C(=O)c1coc(CN(Cc2cccc(OC)c2OC)C(C)C)n1. The van der Waals surface area contributed by atoms with Gasteiger partial charge in [-0.15, -0.1) is 0 Å². The van der Waals surface area contributed by atoms with Gasteiger partial charge in [0.1, 0.15) is 6.26 Å². The first-order valence-corrected chi connectivity index (χ1v) is 9.05. The fourth-order valence-corrected chi connectivity index (χ4v) is 2.71. The van der Waals surface area contributed by atoms with E-state index in [0.29, 0.717) is 37.0 Å². The quantitative estimate of drug-likeness (QED) is 0.670. The summed E-state index contributed by atoms with van der Waals surface area (Å²) in [5.41, 5.74) is 1.34. The Morgan fingerprint density at radius 3 is 2.56 bits per heavy atom. The molecule has 0 fully saturated rings. The zero-order chi connectivity index (χ0) is 20.0. The maximum absolute atomic E-state index is 12.2. The van der Waals surface area contributed by atoms with Crippen molar-refractivity contribution >= 4 is 5.91 Å². The standard InChI is InChI=1S/C20H29N3O4/c1-7-22(4)20(24)16-13-27-18(21-16)12-23(14(2)3)11-15-9-8-10-17(25-5)19(15)26-6/h8-10,13-14H,7,11-12H2,1-6H3. The molecule has 2 rings (SSSR count). The first-order chi connectivity index (χ1) is 12.9. The summed E-state index contributed by atoms with van der Waals surface area (Å²) in [5, 5.41) is 0. The van der Waals surface area contributed by atoms with E-state index in [1.165, 1.54) is 6.26 Å². The molecule has 1 aromatic carbocycles. The second-order valence-electron chi connectivity index (χ2n) is 6.60. The van der Waals surface area contributed by atoms with Crippen LogP contribution in [0.25, 0.3) is 0 Å². The van der Waals surface area contributed by atoms with Gasteiger partial charge in [0, 0.05) is 31.7 Å². The summed E-state index contributed by atoms with van der Waals surface area (Å²) in [6.07, 6.45) is 1.43. The number of amides is 1. The maximum atomic E-state index is 12.2. The monoisotopic (exact) mass is 375 g/mol. The summed E-state index contributed by atoms with van der Waals surface area (Å²) in [4.78, 5) is 20.4. The number of hydrogen-bond donors (Lipinski definition) is 0. The van der Waals surface area contributed by atoms with E-state index in [9.17, 15) is 4.79 Å². The summed E-state index contributed by atoms with van der Waals surface area (Å²) in [6, 6.07) is 6.07. The molecule has 0 N–H and O–H groups in total. The van der Waals surface area contributed by atoms with Crippen LogP contribution in [0.4, 0.5) is 0 Å². The molecule has 1 aromatic heterocycles. The highest BCUT2D eigenvalue weighted by Gasteiger charge is 2.20. The zero-order valence-corrected chi connectivity index (χ0v) is 17.0. The second-order valence-corrected chi connectivity index (χ2v) is 6.60. The minimum Gasteiger partial charge on any atom is -0.493 e. The highest BCUT2D eigenvalue weighted by Crippen LogP contribution is 2.32. The van der Waals surface area contributed by atoms with Gasteiger partial charge in [0.15, 0.2) is 17.2 Å². The second kappa shape index (κ2) is 9.41. The van der Waals surface area contributed by atoms with Gasteiger partial charge in [0.2, 0.25) is 5.89 Å². The molecule has 0 saturated heterocycles. The summed E-state index contributed by atoms with van der Waals surface area (Å²) in [6.45, 7) is 7.87. The van der Waals surface area contributed by atoms with E-state index < -0.39 is 0 Å². The first-order valence-electron chi connectivity index (χ1n) is 9.05. The topological polar surface area (TPSA) is 68.0 Å². The summed E-state index contributed by atoms with van der Waals surface area (Å²) < 4.78 is 16.5. The van der Waals surface area contributed by atoms with Crippen molar-refractivity contribution in [3.05, 3.63) is 41.6 Å². The molecule has 1 heterocycles. The Bertz CT molecular complexity index is 757. The molecule has 27 heavy (non-hydrogen) atoms. The van der Waals surface area contributed by atoms with Crippen LogP contribution in [0, 0.1) is 0 Å². The molecule has 0 radical (unpaired) electrons. The third-order valence-corrected chi connectivity index (χ3v) is 4.52. The molecule has 0 spiro atoms. The van der Waals surface area contributed by atoms with E-state index in [1.807, 2.05) is 25.1 Å². The third kappa shape index (κ3) is 5.01. The molecule has 0 bridgehead atoms. The van der Waals surface area contributed by atoms with Gasteiger partial charge in [-0.1, -0.05) is 12.1 Å². The fourth-order valence-electron chi connectivity index (χ4n) is 2.71. The van der Waals surface area contributed by atoms with E-state index in [2.05, 4.69) is 23.7 Å². The van der Waals surface area contributed by atoms with Gasteiger partial charge in [-0.2, -0.15) is 0 Å². The van der Waals surface area contributed by atoms with Gasteiger partial charge >= 0.3 is 0 Å². The van der Waals surface area contributed by atoms with Crippen molar-refractivity contribution in [2.24, 2.45) is 0 Å². The Hall–Kier alpha value is -2.54. The first kappa shape index (κ1) is 20.8. The summed E-state index contributed by atoms with van der Waals surface area (Å²) >= 11 is 0. The van der Waals surface area contributed by atoms with E-state index in [-0.39, 0.29) is 11.9 Å². The molecule has 0 aliphatic heterocycles. The average molecular weight is 375 g/mol. The van der Waals surface area contributed by atoms with Crippen LogP contribution in [-0.4, -0.2) is 54.5 Å². The molecule has 148 valence electrons. The number of nitrogens with zero attached hydrogens (tertiary/aromatic N) is 3. The lowest BCUT2D eigenvalue weighted by atomic mass is 10.1. The number of benzene rings is 1. The molecule has 0 aliphatic carbocycles. The summed E-state index contributed by atoms with van der Waals surface area (Å²) in [5.74, 6) is 1.79. The van der Waals surface area contributed by atoms with Crippen molar-refractivity contribution in [1.29, 1.82) is 0 Å². The Morgan fingerprint density at radius 2 is 1.96 bits per heavy atom. The molecule has 0 saturated carbocycles. The molecule has 0 atom stereocenters. The summed E-state index contributed by atoms with van der Waals surface area (Å²) in [7, 11) is 5.00. The van der Waals surface area contributed by atoms with E-state index in [4.69, 9.17) is 13.9 Å². The van der Waals surface area contributed by atoms with Crippen LogP contribution in [0.1, 0.15) is 42.7 Å². The Balaban J connectivity index is 2.18. The largest absolute Gasteiger partial charge is 0.493 e. The Kier molecular flexibility index (Phi) is 7.24. The normalized spacial score (nSPS) is 11.1. The molecule has 7 heteroatoms. The van der Waals surface area contributed by atoms with Gasteiger partial charge in [-0.05, 0) is 26.8 Å². The van der Waals surface area contributed by atoms with E-state index in [0.717, 1.165) is 11.3 Å². The number of hydrogen-bond acceptors (Lipinski definition) is 6. The molecule has 0 unspecified atom stereocenters. The lowest BCUT2D eigenvalue weighted by molar-refractivity contribution is 0.0796. The van der Waals surface area contributed by atoms with Gasteiger partial charge in [0.25, 0.3) is 5.91 Å². The van der Waals surface area contributed by atoms with E-state index >= 15 is 0 Å². The van der Waals surface area contributed by atoms with Crippen LogP contribution >= 0.6 is 0 Å². The highest BCUT2D eigenvalue weighted by atomic mass is 16.5. The van der Waals surface area contributed by atoms with Gasteiger partial charge in [-0.25, -0.2) is 4.98 Å². The Morgan fingerprint density at radius 1 is 1.22 bits per heavy atom. The van der Waals surface area contributed by atoms with Crippen molar-refractivity contribution < 1.29 is 18.7 Å². The number of carbonyl (C=O) groups excluding carboxylic acids is 1. The molecule has 2 aromatic rings. The smallest absolute Gasteiger partial charge is 0.275 e. The lowest BCUT2D eigenvalue weighted by Crippen LogP contribution is -2.30. The van der Waals surface area contributed by atoms with Crippen LogP contribution in [0.15, 0.2) is 28.9 Å². The van der Waals surface area contributed by atoms with Crippen LogP contribution in [0.2, 0.25) is 0 Å². The minimum absolute atomic E-state index is 0.141. The van der Waals surface area contributed by atoms with Crippen LogP contribution in [-0.2, 0) is 13.1 Å². The van der Waals surface area contributed by atoms with Crippen LogP contribution in [0.3, 0.4) is 0 Å². The molecular weight excluding hydrogens is 346 g/mol. The van der Waals surface area contributed by atoms with Crippen LogP contribution < -0.4 is 9.47 Å². The average Bonchev–Trinajstić information content (AvgIpc) is 3.14. The third-order valence-electron chi connectivity index (χ3n) is 4.52. The van der Waals surface area contributed by atoms with Crippen LogP contribution in [0.5, 0.6) is 11.5 Å². The van der Waals surface area contributed by atoms with Crippen molar-refractivity contribution in [3.63, 3.8) is 0 Å². The number of aromatic nitrogens is 1. The predicted octanol–water partition coefficient (Wildman–Crippen LogP) is 3.19. The molecular formula is C20H29N3O4. The number of carbonyl (C=O) groups is 1. The highest BCUT2D eigenvalue weighted by molar-refractivity contribution is 5.91. The maximum Gasteiger partial charge on any atom is 0.275 e. The van der Waals surface area contributed by atoms with Crippen molar-refractivity contribution in [1.82, 2.24) is 14.8 Å². The van der Waals surface area contributed by atoms with Gasteiger partial charge in [0.05, 0.1) is 20.8 Å². The zero-order valence-electron chi connectivity index (χ0n) is 17.0. The number of para-hydroxylation sites is 1. The molecule has 1 amide bonds. The van der Waals surface area contributed by atoms with E-state index in [1.54, 1.807) is 26.2 Å². The van der Waals surface area contributed by atoms with Crippen molar-refractivity contribution in [3.8, 4) is 11.5 Å².